The van der Waals surface area contributed by atoms with E-state index in [1.54, 1.807) is 24.3 Å². The highest BCUT2D eigenvalue weighted by molar-refractivity contribution is 6.01. The molecule has 0 amide bonds. The lowest BCUT2D eigenvalue weighted by Crippen LogP contribution is -2.25. The van der Waals surface area contributed by atoms with Gasteiger partial charge in [-0.25, -0.2) is 4.79 Å². The lowest BCUT2D eigenvalue weighted by Gasteiger charge is -2.19. The molecule has 8 nitrogen and oxygen atoms in total. The van der Waals surface area contributed by atoms with Crippen molar-refractivity contribution in [3.05, 3.63) is 35.9 Å². The summed E-state index contributed by atoms with van der Waals surface area (Å²) < 4.78 is 23.1. The average molecular weight is 577 g/mol. The summed E-state index contributed by atoms with van der Waals surface area (Å²) in [4.78, 5) is 11.9. The molecule has 0 aliphatic heterocycles. The van der Waals surface area contributed by atoms with Gasteiger partial charge in [-0.1, -0.05) is 72.3 Å². The van der Waals surface area contributed by atoms with Crippen molar-refractivity contribution in [2.45, 2.75) is 91.3 Å². The first-order valence-corrected chi connectivity index (χ1v) is 15.4. The first kappa shape index (κ1) is 34.8. The highest BCUT2D eigenvalue weighted by Crippen LogP contribution is 2.33. The first-order chi connectivity index (χ1) is 19.8. The highest BCUT2D eigenvalue weighted by atomic mass is 16.5. The van der Waals surface area contributed by atoms with Crippen LogP contribution >= 0.6 is 0 Å². The van der Waals surface area contributed by atoms with Crippen molar-refractivity contribution in [2.24, 2.45) is 11.8 Å². The molecular weight excluding hydrogens is 524 g/mol. The Morgan fingerprint density at radius 1 is 0.732 bits per heavy atom. The Kier molecular flexibility index (Phi) is 16.7. The van der Waals surface area contributed by atoms with E-state index in [4.69, 9.17) is 18.9 Å². The molecule has 2 rings (SSSR count). The fourth-order valence-corrected chi connectivity index (χ4v) is 4.70. The third-order valence-electron chi connectivity index (χ3n) is 7.45. The summed E-state index contributed by atoms with van der Waals surface area (Å²) >= 11 is 0. The fraction of sp³-hybridized carbons (Fsp3) is 0.667. The third kappa shape index (κ3) is 12.6. The number of aliphatic hydroxyl groups is 2. The molecule has 232 valence electrons. The molecule has 0 aliphatic carbocycles. The second-order valence-electron chi connectivity index (χ2n) is 11.0. The first-order valence-electron chi connectivity index (χ1n) is 15.4. The van der Waals surface area contributed by atoms with Crippen molar-refractivity contribution in [1.82, 2.24) is 0 Å². The monoisotopic (exact) mass is 576 g/mol. The number of carbonyl (C=O) groups is 1. The summed E-state index contributed by atoms with van der Waals surface area (Å²) in [6.07, 6.45) is 7.34. The molecule has 0 bridgehead atoms. The van der Waals surface area contributed by atoms with Crippen LogP contribution in [0.4, 0.5) is 0 Å². The number of hydrogen-bond donors (Lipinski definition) is 3. The van der Waals surface area contributed by atoms with Crippen LogP contribution in [0.2, 0.25) is 0 Å². The van der Waals surface area contributed by atoms with E-state index in [1.807, 2.05) is 0 Å². The SMILES string of the molecule is CCCCC(CC)COCC(O)COc1ccc2c(OCC(O)COCC(CC)CCCC)c(C(=O)O)ccc2c1. The van der Waals surface area contributed by atoms with Gasteiger partial charge in [-0.3, -0.25) is 0 Å². The number of unbranched alkanes of at least 4 members (excludes halogenated alkanes) is 2. The summed E-state index contributed by atoms with van der Waals surface area (Å²) in [7, 11) is 0. The Morgan fingerprint density at radius 2 is 1.29 bits per heavy atom. The van der Waals surface area contributed by atoms with Gasteiger partial charge in [0.25, 0.3) is 0 Å². The van der Waals surface area contributed by atoms with Crippen molar-refractivity contribution in [1.29, 1.82) is 0 Å². The molecule has 0 fully saturated rings. The summed E-state index contributed by atoms with van der Waals surface area (Å²) in [6, 6.07) is 8.40. The number of carboxylic acids is 1. The molecule has 2 aromatic rings. The van der Waals surface area contributed by atoms with Gasteiger partial charge in [0.2, 0.25) is 0 Å². The predicted molar refractivity (Wildman–Crippen MR) is 162 cm³/mol. The number of aromatic carboxylic acids is 1. The smallest absolute Gasteiger partial charge is 0.339 e. The zero-order valence-electron chi connectivity index (χ0n) is 25.5. The average Bonchev–Trinajstić information content (AvgIpc) is 2.97. The molecule has 0 radical (unpaired) electrons. The normalized spacial score (nSPS) is 14.5. The van der Waals surface area contributed by atoms with Crippen LogP contribution in [-0.2, 0) is 9.47 Å². The number of benzene rings is 2. The number of carboxylic acid groups (broad SMARTS) is 1. The van der Waals surface area contributed by atoms with Crippen LogP contribution in [-0.4, -0.2) is 73.1 Å². The van der Waals surface area contributed by atoms with E-state index >= 15 is 0 Å². The van der Waals surface area contributed by atoms with Crippen molar-refractivity contribution < 1.29 is 39.1 Å². The van der Waals surface area contributed by atoms with Crippen LogP contribution in [0.15, 0.2) is 30.3 Å². The second-order valence-corrected chi connectivity index (χ2v) is 11.0. The maximum atomic E-state index is 11.9. The van der Waals surface area contributed by atoms with Gasteiger partial charge in [0.05, 0.1) is 13.2 Å². The molecule has 4 unspecified atom stereocenters. The molecule has 8 heteroatoms. The van der Waals surface area contributed by atoms with E-state index in [9.17, 15) is 20.1 Å². The minimum Gasteiger partial charge on any atom is -0.491 e. The maximum absolute atomic E-state index is 11.9. The van der Waals surface area contributed by atoms with Crippen molar-refractivity contribution in [2.75, 3.05) is 39.6 Å². The molecule has 0 saturated heterocycles. The second kappa shape index (κ2) is 19.7. The van der Waals surface area contributed by atoms with Crippen LogP contribution in [0.1, 0.15) is 89.4 Å². The molecule has 3 N–H and O–H groups in total. The fourth-order valence-electron chi connectivity index (χ4n) is 4.70. The van der Waals surface area contributed by atoms with Gasteiger partial charge in [-0.15, -0.1) is 0 Å². The quantitative estimate of drug-likeness (QED) is 0.138. The minimum atomic E-state index is -1.11. The topological polar surface area (TPSA) is 115 Å². The maximum Gasteiger partial charge on any atom is 0.339 e. The van der Waals surface area contributed by atoms with Gasteiger partial charge in [0.1, 0.15) is 42.5 Å². The van der Waals surface area contributed by atoms with Gasteiger partial charge < -0.3 is 34.3 Å². The summed E-state index contributed by atoms with van der Waals surface area (Å²) in [5.74, 6) is 0.596. The summed E-state index contributed by atoms with van der Waals surface area (Å²) in [6.45, 7) is 10.2. The van der Waals surface area contributed by atoms with E-state index < -0.39 is 18.2 Å². The largest absolute Gasteiger partial charge is 0.491 e. The van der Waals surface area contributed by atoms with Crippen LogP contribution in [0.25, 0.3) is 10.8 Å². The van der Waals surface area contributed by atoms with E-state index in [2.05, 4.69) is 27.7 Å². The van der Waals surface area contributed by atoms with Gasteiger partial charge in [-0.2, -0.15) is 0 Å². The van der Waals surface area contributed by atoms with Gasteiger partial charge >= 0.3 is 5.97 Å². The predicted octanol–water partition coefficient (Wildman–Crippen LogP) is 6.48. The number of ether oxygens (including phenoxy) is 4. The van der Waals surface area contributed by atoms with Crippen LogP contribution in [0.5, 0.6) is 11.5 Å². The van der Waals surface area contributed by atoms with Crippen molar-refractivity contribution in [3.8, 4) is 11.5 Å². The van der Waals surface area contributed by atoms with Gasteiger partial charge in [0.15, 0.2) is 0 Å². The molecular formula is C33H52O8. The Balaban J connectivity index is 1.94. The zero-order chi connectivity index (χ0) is 30.0. The Morgan fingerprint density at radius 3 is 1.80 bits per heavy atom. The van der Waals surface area contributed by atoms with Crippen LogP contribution < -0.4 is 9.47 Å². The molecule has 4 atom stereocenters. The van der Waals surface area contributed by atoms with Crippen LogP contribution in [0, 0.1) is 11.8 Å². The lowest BCUT2D eigenvalue weighted by molar-refractivity contribution is -0.00117. The number of rotatable bonds is 23. The van der Waals surface area contributed by atoms with E-state index in [0.29, 0.717) is 36.2 Å². The molecule has 41 heavy (non-hydrogen) atoms. The number of aliphatic hydroxyl groups excluding tert-OH is 2. The van der Waals surface area contributed by atoms with E-state index in [0.717, 1.165) is 43.9 Å². The highest BCUT2D eigenvalue weighted by Gasteiger charge is 2.18. The van der Waals surface area contributed by atoms with E-state index in [-0.39, 0.29) is 37.7 Å². The minimum absolute atomic E-state index is 0.0155. The Bertz CT molecular complexity index is 1010. The molecule has 0 spiro atoms. The van der Waals surface area contributed by atoms with Gasteiger partial charge in [-0.05, 0) is 54.3 Å². The van der Waals surface area contributed by atoms with Gasteiger partial charge in [0, 0.05) is 18.6 Å². The van der Waals surface area contributed by atoms with Crippen molar-refractivity contribution in [3.63, 3.8) is 0 Å². The molecule has 2 aromatic carbocycles. The molecule has 0 aromatic heterocycles. The lowest BCUT2D eigenvalue weighted by atomic mass is 10.0. The van der Waals surface area contributed by atoms with E-state index in [1.165, 1.54) is 18.9 Å². The third-order valence-corrected chi connectivity index (χ3v) is 7.45. The number of fused-ring (bicyclic) bond motifs is 1. The molecule has 0 saturated carbocycles. The Labute approximate surface area is 246 Å². The molecule has 0 aliphatic rings. The summed E-state index contributed by atoms with van der Waals surface area (Å²) in [5, 5.41) is 31.8. The number of hydrogen-bond acceptors (Lipinski definition) is 7. The zero-order valence-corrected chi connectivity index (χ0v) is 25.5. The Hall–Kier alpha value is -2.39. The van der Waals surface area contributed by atoms with Crippen molar-refractivity contribution >= 4 is 16.7 Å². The standard InChI is InChI=1S/C33H52O8/c1-5-9-11-24(7-3)18-38-20-27(34)22-40-29-14-16-30-26(17-29)13-15-31(33(36)37)32(30)41-23-28(35)21-39-19-25(8-4)12-10-6-2/h13-17,24-25,27-28,34-35H,5-12,18-23H2,1-4H3,(H,36,37). The summed E-state index contributed by atoms with van der Waals surface area (Å²) in [5.41, 5.74) is 0.0155. The molecule has 0 heterocycles. The van der Waals surface area contributed by atoms with Crippen LogP contribution in [0.3, 0.4) is 0 Å².